The van der Waals surface area contributed by atoms with Gasteiger partial charge in [0.1, 0.15) is 0 Å². The van der Waals surface area contributed by atoms with Crippen molar-refractivity contribution in [2.75, 3.05) is 11.9 Å². The van der Waals surface area contributed by atoms with Crippen molar-refractivity contribution in [2.45, 2.75) is 19.9 Å². The summed E-state index contributed by atoms with van der Waals surface area (Å²) in [5.74, 6) is 0.0436. The molecule has 1 aromatic carbocycles. The number of carbonyl (C=O) groups excluding carboxylic acids is 1. The molecule has 2 rings (SSSR count). The first kappa shape index (κ1) is 9.06. The smallest absolute Gasteiger partial charge is 0.251 e. The SMILES string of the molecule is CCCNc1ccc2c(c1)CNC2=O. The van der Waals surface area contributed by atoms with Crippen LogP contribution in [-0.4, -0.2) is 12.5 Å². The Morgan fingerprint density at radius 2 is 2.36 bits per heavy atom. The van der Waals surface area contributed by atoms with E-state index in [2.05, 4.69) is 17.6 Å². The van der Waals surface area contributed by atoms with Crippen molar-refractivity contribution >= 4 is 11.6 Å². The van der Waals surface area contributed by atoms with Gasteiger partial charge in [-0.2, -0.15) is 0 Å². The van der Waals surface area contributed by atoms with Gasteiger partial charge in [-0.15, -0.1) is 0 Å². The standard InChI is InChI=1S/C11H14N2O/c1-2-5-12-9-3-4-10-8(6-9)7-13-11(10)14/h3-4,6,12H,2,5,7H2,1H3,(H,13,14). The van der Waals surface area contributed by atoms with Crippen molar-refractivity contribution in [3.8, 4) is 0 Å². The maximum absolute atomic E-state index is 11.3. The fraction of sp³-hybridized carbons (Fsp3) is 0.364. The first-order valence-corrected chi connectivity index (χ1v) is 4.96. The molecule has 1 amide bonds. The predicted molar refractivity (Wildman–Crippen MR) is 56.4 cm³/mol. The van der Waals surface area contributed by atoms with Crippen LogP contribution in [0.15, 0.2) is 18.2 Å². The monoisotopic (exact) mass is 190 g/mol. The van der Waals surface area contributed by atoms with Gasteiger partial charge >= 0.3 is 0 Å². The van der Waals surface area contributed by atoms with E-state index >= 15 is 0 Å². The molecule has 3 heteroatoms. The van der Waals surface area contributed by atoms with Crippen LogP contribution < -0.4 is 10.6 Å². The van der Waals surface area contributed by atoms with E-state index in [0.717, 1.165) is 29.8 Å². The second-order valence-electron chi connectivity index (χ2n) is 3.48. The van der Waals surface area contributed by atoms with Crippen LogP contribution in [0.25, 0.3) is 0 Å². The summed E-state index contributed by atoms with van der Waals surface area (Å²) in [5.41, 5.74) is 3.00. The molecule has 0 spiro atoms. The highest BCUT2D eigenvalue weighted by Gasteiger charge is 2.17. The second kappa shape index (κ2) is 3.70. The summed E-state index contributed by atoms with van der Waals surface area (Å²) in [6, 6.07) is 5.89. The Labute approximate surface area is 83.5 Å². The van der Waals surface area contributed by atoms with Crippen molar-refractivity contribution in [3.63, 3.8) is 0 Å². The number of rotatable bonds is 3. The van der Waals surface area contributed by atoms with E-state index in [-0.39, 0.29) is 5.91 Å². The summed E-state index contributed by atoms with van der Waals surface area (Å²) < 4.78 is 0. The Bertz CT molecular complexity index is 360. The molecule has 0 saturated heterocycles. The number of fused-ring (bicyclic) bond motifs is 1. The highest BCUT2D eigenvalue weighted by atomic mass is 16.1. The fourth-order valence-electron chi connectivity index (χ4n) is 1.61. The Morgan fingerprint density at radius 1 is 1.50 bits per heavy atom. The van der Waals surface area contributed by atoms with E-state index in [9.17, 15) is 4.79 Å². The maximum atomic E-state index is 11.3. The largest absolute Gasteiger partial charge is 0.385 e. The lowest BCUT2D eigenvalue weighted by atomic mass is 10.1. The van der Waals surface area contributed by atoms with Crippen LogP contribution >= 0.6 is 0 Å². The molecule has 0 aliphatic carbocycles. The molecular formula is C11H14N2O. The predicted octanol–water partition coefficient (Wildman–Crippen LogP) is 1.75. The molecule has 3 nitrogen and oxygen atoms in total. The Hall–Kier alpha value is -1.51. The van der Waals surface area contributed by atoms with E-state index in [1.807, 2.05) is 18.2 Å². The minimum atomic E-state index is 0.0436. The van der Waals surface area contributed by atoms with Crippen LogP contribution in [0, 0.1) is 0 Å². The van der Waals surface area contributed by atoms with Crippen molar-refractivity contribution in [1.29, 1.82) is 0 Å². The quantitative estimate of drug-likeness (QED) is 0.762. The van der Waals surface area contributed by atoms with Gasteiger partial charge in [-0.25, -0.2) is 0 Å². The van der Waals surface area contributed by atoms with Crippen molar-refractivity contribution < 1.29 is 4.79 Å². The van der Waals surface area contributed by atoms with Crippen LogP contribution in [-0.2, 0) is 6.54 Å². The first-order valence-electron chi connectivity index (χ1n) is 4.96. The Morgan fingerprint density at radius 3 is 3.14 bits per heavy atom. The van der Waals surface area contributed by atoms with Gasteiger partial charge in [0.05, 0.1) is 0 Å². The third-order valence-electron chi connectivity index (χ3n) is 2.37. The molecule has 0 unspecified atom stereocenters. The van der Waals surface area contributed by atoms with E-state index in [1.54, 1.807) is 0 Å². The van der Waals surface area contributed by atoms with Crippen molar-refractivity contribution in [2.24, 2.45) is 0 Å². The molecule has 0 atom stereocenters. The van der Waals surface area contributed by atoms with Crippen LogP contribution in [0.2, 0.25) is 0 Å². The molecule has 14 heavy (non-hydrogen) atoms. The summed E-state index contributed by atoms with van der Waals surface area (Å²) in [5, 5.41) is 6.10. The van der Waals surface area contributed by atoms with Crippen LogP contribution in [0.1, 0.15) is 29.3 Å². The van der Waals surface area contributed by atoms with Gasteiger partial charge in [-0.3, -0.25) is 4.79 Å². The number of carbonyl (C=O) groups is 1. The van der Waals surface area contributed by atoms with Gasteiger partial charge in [0, 0.05) is 24.3 Å². The lowest BCUT2D eigenvalue weighted by Gasteiger charge is -2.05. The summed E-state index contributed by atoms with van der Waals surface area (Å²) >= 11 is 0. The highest BCUT2D eigenvalue weighted by molar-refractivity contribution is 5.98. The molecule has 0 bridgehead atoms. The molecule has 74 valence electrons. The molecule has 0 fully saturated rings. The number of nitrogens with one attached hydrogen (secondary N) is 2. The van der Waals surface area contributed by atoms with Gasteiger partial charge in [-0.05, 0) is 30.2 Å². The van der Waals surface area contributed by atoms with Gasteiger partial charge < -0.3 is 10.6 Å². The average Bonchev–Trinajstić information content (AvgIpc) is 2.57. The highest BCUT2D eigenvalue weighted by Crippen LogP contribution is 2.19. The summed E-state index contributed by atoms with van der Waals surface area (Å²) in [4.78, 5) is 11.3. The van der Waals surface area contributed by atoms with Gasteiger partial charge in [0.2, 0.25) is 0 Å². The topological polar surface area (TPSA) is 41.1 Å². The second-order valence-corrected chi connectivity index (χ2v) is 3.48. The van der Waals surface area contributed by atoms with Crippen molar-refractivity contribution in [3.05, 3.63) is 29.3 Å². The molecule has 0 radical (unpaired) electrons. The van der Waals surface area contributed by atoms with Crippen LogP contribution in [0.4, 0.5) is 5.69 Å². The molecule has 1 aliphatic rings. The van der Waals surface area contributed by atoms with Crippen LogP contribution in [0.5, 0.6) is 0 Å². The minimum absolute atomic E-state index is 0.0436. The maximum Gasteiger partial charge on any atom is 0.251 e. The molecule has 0 aromatic heterocycles. The summed E-state index contributed by atoms with van der Waals surface area (Å²) in [6.07, 6.45) is 1.11. The van der Waals surface area contributed by atoms with Crippen LogP contribution in [0.3, 0.4) is 0 Å². The molecule has 0 saturated carbocycles. The van der Waals surface area contributed by atoms with Gasteiger partial charge in [-0.1, -0.05) is 6.92 Å². The lowest BCUT2D eigenvalue weighted by molar-refractivity contribution is 0.0966. The average molecular weight is 190 g/mol. The van der Waals surface area contributed by atoms with E-state index < -0.39 is 0 Å². The third kappa shape index (κ3) is 1.58. The van der Waals surface area contributed by atoms with Gasteiger partial charge in [0.25, 0.3) is 5.91 Å². The minimum Gasteiger partial charge on any atom is -0.385 e. The zero-order valence-electron chi connectivity index (χ0n) is 8.26. The lowest BCUT2D eigenvalue weighted by Crippen LogP contribution is -2.12. The summed E-state index contributed by atoms with van der Waals surface area (Å²) in [6.45, 7) is 3.77. The zero-order chi connectivity index (χ0) is 9.97. The van der Waals surface area contributed by atoms with Gasteiger partial charge in [0.15, 0.2) is 0 Å². The Kier molecular flexibility index (Phi) is 2.39. The number of hydrogen-bond acceptors (Lipinski definition) is 2. The zero-order valence-corrected chi connectivity index (χ0v) is 8.26. The molecule has 1 aromatic rings. The summed E-state index contributed by atoms with van der Waals surface area (Å²) in [7, 11) is 0. The van der Waals surface area contributed by atoms with E-state index in [1.165, 1.54) is 0 Å². The first-order chi connectivity index (χ1) is 6.81. The molecule has 1 aliphatic heterocycles. The Balaban J connectivity index is 2.19. The fourth-order valence-corrected chi connectivity index (χ4v) is 1.61. The number of amides is 1. The third-order valence-corrected chi connectivity index (χ3v) is 2.37. The molecular weight excluding hydrogens is 176 g/mol. The van der Waals surface area contributed by atoms with E-state index in [4.69, 9.17) is 0 Å². The normalized spacial score (nSPS) is 13.6. The van der Waals surface area contributed by atoms with E-state index in [0.29, 0.717) is 6.54 Å². The number of hydrogen-bond donors (Lipinski definition) is 2. The number of benzene rings is 1. The van der Waals surface area contributed by atoms with Crippen molar-refractivity contribution in [1.82, 2.24) is 5.32 Å². The number of anilines is 1. The molecule has 1 heterocycles. The molecule has 2 N–H and O–H groups in total.